The van der Waals surface area contributed by atoms with E-state index in [9.17, 15) is 9.59 Å². The summed E-state index contributed by atoms with van der Waals surface area (Å²) in [6.07, 6.45) is 7.09. The Hall–Kier alpha value is -2.80. The van der Waals surface area contributed by atoms with Gasteiger partial charge in [-0.3, -0.25) is 14.5 Å². The molecule has 2 amide bonds. The van der Waals surface area contributed by atoms with Gasteiger partial charge in [-0.2, -0.15) is 12.6 Å². The Kier molecular flexibility index (Phi) is 5.09. The van der Waals surface area contributed by atoms with Crippen LogP contribution in [0, 0.1) is 0 Å². The topological polar surface area (TPSA) is 58.2 Å². The molecule has 0 saturated carbocycles. The van der Waals surface area contributed by atoms with E-state index in [1.54, 1.807) is 6.07 Å². The number of hydrogen-bond donors (Lipinski definition) is 2. The molecule has 0 spiro atoms. The van der Waals surface area contributed by atoms with Crippen molar-refractivity contribution in [3.63, 3.8) is 0 Å². The minimum atomic E-state index is -0.241. The zero-order chi connectivity index (χ0) is 19.7. The van der Waals surface area contributed by atoms with Gasteiger partial charge in [0.2, 0.25) is 6.33 Å². The summed E-state index contributed by atoms with van der Waals surface area (Å²) in [6.45, 7) is 2.03. The number of nitrogens with zero attached hydrogens (tertiary/aromatic N) is 3. The van der Waals surface area contributed by atoms with Gasteiger partial charge in [0.1, 0.15) is 12.4 Å². The van der Waals surface area contributed by atoms with E-state index in [2.05, 4.69) is 35.0 Å². The van der Waals surface area contributed by atoms with Crippen LogP contribution in [0.4, 0.5) is 5.69 Å². The monoisotopic (exact) mass is 395 g/mol. The number of amides is 2. The average molecular weight is 396 g/mol. The van der Waals surface area contributed by atoms with Gasteiger partial charge in [0.05, 0.1) is 13.6 Å². The average Bonchev–Trinajstić information content (AvgIpc) is 3.12. The third kappa shape index (κ3) is 3.26. The number of aryl methyl sites for hydroxylation is 2. The van der Waals surface area contributed by atoms with Gasteiger partial charge in [-0.25, -0.2) is 9.13 Å². The molecule has 3 aromatic rings. The second-order valence-electron chi connectivity index (χ2n) is 6.97. The lowest BCUT2D eigenvalue weighted by atomic mass is 9.93. The molecule has 144 valence electrons. The Morgan fingerprint density at radius 2 is 1.86 bits per heavy atom. The smallest absolute Gasteiger partial charge is 0.261 e. The Labute approximate surface area is 169 Å². The molecule has 0 radical (unpaired) electrons. The maximum Gasteiger partial charge on any atom is 0.261 e. The first-order valence-electron chi connectivity index (χ1n) is 9.38. The first-order valence-corrected chi connectivity index (χ1v) is 10.0. The highest BCUT2D eigenvalue weighted by atomic mass is 32.1. The molecule has 0 fully saturated rings. The van der Waals surface area contributed by atoms with Gasteiger partial charge in [0.25, 0.3) is 11.8 Å². The van der Waals surface area contributed by atoms with Crippen LogP contribution in [0.3, 0.4) is 0 Å². The van der Waals surface area contributed by atoms with Crippen LogP contribution in [-0.2, 0) is 13.6 Å². The van der Waals surface area contributed by atoms with Crippen LogP contribution in [0.25, 0.3) is 10.8 Å². The molecule has 0 bridgehead atoms. The number of anilines is 1. The first kappa shape index (κ1) is 18.6. The number of imide groups is 1. The molecular weight excluding hydrogens is 372 g/mol. The SMILES string of the molecule is C[n+]1ccn(CCCNc2ccc3c4c(cccc24)C(=O)N(CCS)C3=O)c1. The fourth-order valence-corrected chi connectivity index (χ4v) is 3.92. The molecule has 1 aliphatic rings. The fourth-order valence-electron chi connectivity index (χ4n) is 3.72. The minimum Gasteiger partial charge on any atom is -0.384 e. The third-order valence-electron chi connectivity index (χ3n) is 5.05. The predicted octanol–water partition coefficient (Wildman–Crippen LogP) is 2.49. The van der Waals surface area contributed by atoms with Crippen molar-refractivity contribution in [3.05, 3.63) is 60.2 Å². The van der Waals surface area contributed by atoms with Crippen molar-refractivity contribution in [1.29, 1.82) is 0 Å². The van der Waals surface area contributed by atoms with Crippen molar-refractivity contribution in [2.75, 3.05) is 24.2 Å². The van der Waals surface area contributed by atoms with Gasteiger partial charge in [0, 0.05) is 52.8 Å². The molecular formula is C21H23N4O2S+. The summed E-state index contributed by atoms with van der Waals surface area (Å²) in [5.41, 5.74) is 2.11. The summed E-state index contributed by atoms with van der Waals surface area (Å²) in [5, 5.41) is 5.12. The van der Waals surface area contributed by atoms with Gasteiger partial charge >= 0.3 is 0 Å². The van der Waals surface area contributed by atoms with E-state index in [0.29, 0.717) is 23.4 Å². The second-order valence-corrected chi connectivity index (χ2v) is 7.42. The van der Waals surface area contributed by atoms with Crippen molar-refractivity contribution < 1.29 is 14.2 Å². The summed E-state index contributed by atoms with van der Waals surface area (Å²) in [6, 6.07) is 9.39. The number of benzene rings is 2. The van der Waals surface area contributed by atoms with Crippen LogP contribution in [0.5, 0.6) is 0 Å². The van der Waals surface area contributed by atoms with Gasteiger partial charge in [0.15, 0.2) is 0 Å². The quantitative estimate of drug-likeness (QED) is 0.280. The van der Waals surface area contributed by atoms with Crippen molar-refractivity contribution in [2.45, 2.75) is 13.0 Å². The molecule has 0 unspecified atom stereocenters. The molecule has 0 atom stereocenters. The Morgan fingerprint density at radius 1 is 1.07 bits per heavy atom. The fraction of sp³-hybridized carbons (Fsp3) is 0.286. The second kappa shape index (κ2) is 7.67. The molecule has 4 rings (SSSR count). The van der Waals surface area contributed by atoms with Crippen LogP contribution in [0.2, 0.25) is 0 Å². The highest BCUT2D eigenvalue weighted by Gasteiger charge is 2.32. The van der Waals surface area contributed by atoms with E-state index in [4.69, 9.17) is 0 Å². The standard InChI is InChI=1S/C21H22N4O2S/c1-23-10-11-24(14-23)9-3-8-22-18-7-6-17-19-15(18)4-2-5-16(19)20(26)25(12-13-28)21(17)27/h2,4-7,10-11,14,22H,3,8-9,12-13H2,1H3/p+1. The molecule has 28 heavy (non-hydrogen) atoms. The number of rotatable bonds is 7. The van der Waals surface area contributed by atoms with Crippen molar-refractivity contribution >= 4 is 40.9 Å². The normalized spacial score (nSPS) is 13.4. The summed E-state index contributed by atoms with van der Waals surface area (Å²) >= 11 is 4.17. The largest absolute Gasteiger partial charge is 0.384 e. The lowest BCUT2D eigenvalue weighted by Crippen LogP contribution is -2.41. The first-order chi connectivity index (χ1) is 13.6. The number of aromatic nitrogens is 2. The van der Waals surface area contributed by atoms with Crippen LogP contribution in [0.15, 0.2) is 49.1 Å². The van der Waals surface area contributed by atoms with Crippen molar-refractivity contribution in [2.24, 2.45) is 7.05 Å². The van der Waals surface area contributed by atoms with Gasteiger partial charge in [-0.1, -0.05) is 12.1 Å². The summed E-state index contributed by atoms with van der Waals surface area (Å²) in [5.74, 6) is -0.0356. The number of hydrogen-bond acceptors (Lipinski definition) is 4. The zero-order valence-corrected chi connectivity index (χ0v) is 16.7. The maximum atomic E-state index is 12.8. The van der Waals surface area contributed by atoms with E-state index >= 15 is 0 Å². The lowest BCUT2D eigenvalue weighted by Gasteiger charge is -2.27. The van der Waals surface area contributed by atoms with E-state index in [1.807, 2.05) is 42.1 Å². The van der Waals surface area contributed by atoms with Crippen LogP contribution < -0.4 is 9.88 Å². The zero-order valence-electron chi connectivity index (χ0n) is 15.8. The molecule has 1 N–H and O–H groups in total. The summed E-state index contributed by atoms with van der Waals surface area (Å²) in [4.78, 5) is 26.8. The molecule has 2 aromatic carbocycles. The Balaban J connectivity index is 1.58. The molecule has 0 saturated heterocycles. The maximum absolute atomic E-state index is 12.8. The Bertz CT molecular complexity index is 1040. The van der Waals surface area contributed by atoms with Crippen molar-refractivity contribution in [1.82, 2.24) is 9.47 Å². The summed E-state index contributed by atoms with van der Waals surface area (Å²) < 4.78 is 4.16. The lowest BCUT2D eigenvalue weighted by molar-refractivity contribution is -0.671. The van der Waals surface area contributed by atoms with E-state index in [1.165, 1.54) is 4.90 Å². The van der Waals surface area contributed by atoms with E-state index < -0.39 is 0 Å². The number of thiol groups is 1. The third-order valence-corrected chi connectivity index (χ3v) is 5.25. The van der Waals surface area contributed by atoms with E-state index in [-0.39, 0.29) is 11.8 Å². The number of nitrogens with one attached hydrogen (secondary N) is 1. The van der Waals surface area contributed by atoms with Crippen LogP contribution in [-0.4, -0.2) is 40.1 Å². The van der Waals surface area contributed by atoms with E-state index in [0.717, 1.165) is 36.0 Å². The predicted molar refractivity (Wildman–Crippen MR) is 112 cm³/mol. The van der Waals surface area contributed by atoms with Gasteiger partial charge in [-0.05, 0) is 18.2 Å². The van der Waals surface area contributed by atoms with Crippen LogP contribution >= 0.6 is 12.6 Å². The molecule has 2 heterocycles. The van der Waals surface area contributed by atoms with Crippen LogP contribution in [0.1, 0.15) is 27.1 Å². The molecule has 7 heteroatoms. The number of imidazole rings is 1. The van der Waals surface area contributed by atoms with Crippen molar-refractivity contribution in [3.8, 4) is 0 Å². The number of carbonyl (C=O) groups is 2. The minimum absolute atomic E-state index is 0.241. The number of carbonyl (C=O) groups excluding carboxylic acids is 2. The van der Waals surface area contributed by atoms with Gasteiger partial charge in [-0.15, -0.1) is 0 Å². The molecule has 6 nitrogen and oxygen atoms in total. The molecule has 0 aliphatic carbocycles. The summed E-state index contributed by atoms with van der Waals surface area (Å²) in [7, 11) is 2.00. The van der Waals surface area contributed by atoms with Gasteiger partial charge < -0.3 is 5.32 Å². The molecule has 1 aliphatic heterocycles. The highest BCUT2D eigenvalue weighted by Crippen LogP contribution is 2.34. The molecule has 1 aromatic heterocycles. The highest BCUT2D eigenvalue weighted by molar-refractivity contribution is 7.80. The Morgan fingerprint density at radius 3 is 2.57 bits per heavy atom.